The maximum absolute atomic E-state index is 4.72. The monoisotopic (exact) mass is 279 g/mol. The van der Waals surface area contributed by atoms with Crippen molar-refractivity contribution in [2.24, 2.45) is 0 Å². The van der Waals surface area contributed by atoms with Gasteiger partial charge in [-0.15, -0.1) is 0 Å². The van der Waals surface area contributed by atoms with Gasteiger partial charge in [-0.05, 0) is 25.5 Å². The molecule has 1 atom stereocenters. The van der Waals surface area contributed by atoms with Gasteiger partial charge in [0, 0.05) is 36.5 Å². The van der Waals surface area contributed by atoms with E-state index < -0.39 is 0 Å². The zero-order valence-electron chi connectivity index (χ0n) is 12.4. The number of hydrogen-bond donors (Lipinski definition) is 0. The number of aryl methyl sites for hydroxylation is 2. The lowest BCUT2D eigenvalue weighted by Crippen LogP contribution is -2.30. The summed E-state index contributed by atoms with van der Waals surface area (Å²) in [7, 11) is 0. The quantitative estimate of drug-likeness (QED) is 0.844. The minimum atomic E-state index is 0.757. The highest BCUT2D eigenvalue weighted by atomic mass is 32.2. The Balaban J connectivity index is 2.16. The summed E-state index contributed by atoms with van der Waals surface area (Å²) in [6.07, 6.45) is 4.89. The standard InChI is InChI=1S/C15H25N3S/c1-4-14-16-12(3)10-15(17-14)18-9-7-6-8-13(11-18)19-5-2/h10,13H,4-9,11H2,1-3H3. The van der Waals surface area contributed by atoms with E-state index in [0.29, 0.717) is 0 Å². The van der Waals surface area contributed by atoms with Gasteiger partial charge in [0.2, 0.25) is 0 Å². The van der Waals surface area contributed by atoms with E-state index in [1.807, 2.05) is 0 Å². The van der Waals surface area contributed by atoms with Crippen LogP contribution in [-0.2, 0) is 6.42 Å². The van der Waals surface area contributed by atoms with Crippen LogP contribution in [0.3, 0.4) is 0 Å². The molecule has 0 N–H and O–H groups in total. The first-order valence-electron chi connectivity index (χ1n) is 7.44. The second-order valence-electron chi connectivity index (χ2n) is 5.16. The van der Waals surface area contributed by atoms with Crippen molar-refractivity contribution < 1.29 is 0 Å². The molecule has 106 valence electrons. The molecule has 0 bridgehead atoms. The summed E-state index contributed by atoms with van der Waals surface area (Å²) in [6.45, 7) is 8.72. The summed E-state index contributed by atoms with van der Waals surface area (Å²) in [5, 5.41) is 0.757. The van der Waals surface area contributed by atoms with Gasteiger partial charge in [0.25, 0.3) is 0 Å². The molecule has 0 aromatic carbocycles. The summed E-state index contributed by atoms with van der Waals surface area (Å²) < 4.78 is 0. The van der Waals surface area contributed by atoms with Crippen LogP contribution in [0, 0.1) is 6.92 Å². The summed E-state index contributed by atoms with van der Waals surface area (Å²) in [6, 6.07) is 2.14. The third-order valence-electron chi connectivity index (χ3n) is 3.56. The van der Waals surface area contributed by atoms with Gasteiger partial charge in [-0.2, -0.15) is 11.8 Å². The first-order valence-corrected chi connectivity index (χ1v) is 8.49. The molecule has 2 heterocycles. The lowest BCUT2D eigenvalue weighted by Gasteiger charge is -2.25. The lowest BCUT2D eigenvalue weighted by atomic mass is 10.2. The number of rotatable bonds is 4. The Morgan fingerprint density at radius 1 is 1.32 bits per heavy atom. The molecule has 2 rings (SSSR count). The van der Waals surface area contributed by atoms with Crippen LogP contribution in [0.15, 0.2) is 6.07 Å². The molecule has 1 aromatic heterocycles. The molecular weight excluding hydrogens is 254 g/mol. The molecule has 19 heavy (non-hydrogen) atoms. The maximum atomic E-state index is 4.72. The van der Waals surface area contributed by atoms with Crippen LogP contribution in [0.5, 0.6) is 0 Å². The molecule has 4 heteroatoms. The van der Waals surface area contributed by atoms with Crippen LogP contribution in [0.1, 0.15) is 44.6 Å². The highest BCUT2D eigenvalue weighted by Gasteiger charge is 2.19. The minimum absolute atomic E-state index is 0.757. The molecule has 0 saturated carbocycles. The SMILES string of the molecule is CCSC1CCCCN(c2cc(C)nc(CC)n2)C1. The van der Waals surface area contributed by atoms with E-state index in [1.165, 1.54) is 25.0 Å². The van der Waals surface area contributed by atoms with Crippen LogP contribution in [0.4, 0.5) is 5.82 Å². The Morgan fingerprint density at radius 3 is 2.89 bits per heavy atom. The molecule has 0 spiro atoms. The Hall–Kier alpha value is -0.770. The molecule has 1 unspecified atom stereocenters. The molecule has 0 radical (unpaired) electrons. The summed E-state index contributed by atoms with van der Waals surface area (Å²) in [5.74, 6) is 3.31. The van der Waals surface area contributed by atoms with Crippen molar-refractivity contribution in [1.29, 1.82) is 0 Å². The van der Waals surface area contributed by atoms with Crippen LogP contribution >= 0.6 is 11.8 Å². The van der Waals surface area contributed by atoms with Gasteiger partial charge in [-0.25, -0.2) is 9.97 Å². The topological polar surface area (TPSA) is 29.0 Å². The molecule has 0 amide bonds. The van der Waals surface area contributed by atoms with Gasteiger partial charge in [-0.1, -0.05) is 20.3 Å². The summed E-state index contributed by atoms with van der Waals surface area (Å²) >= 11 is 2.09. The zero-order valence-corrected chi connectivity index (χ0v) is 13.2. The van der Waals surface area contributed by atoms with Gasteiger partial charge in [0.1, 0.15) is 11.6 Å². The first kappa shape index (κ1) is 14.6. The third kappa shape index (κ3) is 4.10. The van der Waals surface area contributed by atoms with Crippen molar-refractivity contribution in [2.45, 2.75) is 51.7 Å². The van der Waals surface area contributed by atoms with E-state index in [0.717, 1.165) is 42.1 Å². The van der Waals surface area contributed by atoms with E-state index in [2.05, 4.69) is 48.5 Å². The largest absolute Gasteiger partial charge is 0.355 e. The van der Waals surface area contributed by atoms with Crippen molar-refractivity contribution >= 4 is 17.6 Å². The van der Waals surface area contributed by atoms with E-state index in [1.54, 1.807) is 0 Å². The van der Waals surface area contributed by atoms with Crippen LogP contribution in [0.25, 0.3) is 0 Å². The molecule has 0 aliphatic carbocycles. The van der Waals surface area contributed by atoms with Crippen molar-refractivity contribution in [3.8, 4) is 0 Å². The van der Waals surface area contributed by atoms with E-state index >= 15 is 0 Å². The third-order valence-corrected chi connectivity index (χ3v) is 4.75. The number of hydrogen-bond acceptors (Lipinski definition) is 4. The smallest absolute Gasteiger partial charge is 0.132 e. The van der Waals surface area contributed by atoms with Crippen LogP contribution in [0.2, 0.25) is 0 Å². The van der Waals surface area contributed by atoms with E-state index in [4.69, 9.17) is 4.98 Å². The summed E-state index contributed by atoms with van der Waals surface area (Å²) in [5.41, 5.74) is 1.09. The first-order chi connectivity index (χ1) is 9.22. The molecule has 1 aliphatic heterocycles. The molecule has 1 fully saturated rings. The van der Waals surface area contributed by atoms with Crippen molar-refractivity contribution in [1.82, 2.24) is 9.97 Å². The van der Waals surface area contributed by atoms with Gasteiger partial charge in [0.05, 0.1) is 0 Å². The number of anilines is 1. The fourth-order valence-electron chi connectivity index (χ4n) is 2.62. The van der Waals surface area contributed by atoms with Crippen LogP contribution < -0.4 is 4.90 Å². The zero-order chi connectivity index (χ0) is 13.7. The molecular formula is C15H25N3S. The van der Waals surface area contributed by atoms with Gasteiger partial charge >= 0.3 is 0 Å². The highest BCUT2D eigenvalue weighted by molar-refractivity contribution is 7.99. The van der Waals surface area contributed by atoms with Gasteiger partial charge in [-0.3, -0.25) is 0 Å². The molecule has 1 aromatic rings. The second-order valence-corrected chi connectivity index (χ2v) is 6.73. The average Bonchev–Trinajstić information content (AvgIpc) is 2.64. The number of thioether (sulfide) groups is 1. The fraction of sp³-hybridized carbons (Fsp3) is 0.733. The maximum Gasteiger partial charge on any atom is 0.132 e. The predicted octanol–water partition coefficient (Wildman–Crippen LogP) is 3.46. The molecule has 1 saturated heterocycles. The minimum Gasteiger partial charge on any atom is -0.355 e. The van der Waals surface area contributed by atoms with Crippen molar-refractivity contribution in [3.63, 3.8) is 0 Å². The molecule has 1 aliphatic rings. The Kier molecular flexibility index (Phi) is 5.49. The molecule has 3 nitrogen and oxygen atoms in total. The van der Waals surface area contributed by atoms with Crippen molar-refractivity contribution in [3.05, 3.63) is 17.6 Å². The second kappa shape index (κ2) is 7.13. The lowest BCUT2D eigenvalue weighted by molar-refractivity contribution is 0.735. The van der Waals surface area contributed by atoms with E-state index in [-0.39, 0.29) is 0 Å². The Morgan fingerprint density at radius 2 is 2.16 bits per heavy atom. The summed E-state index contributed by atoms with van der Waals surface area (Å²) in [4.78, 5) is 11.7. The van der Waals surface area contributed by atoms with Gasteiger partial charge in [0.15, 0.2) is 0 Å². The van der Waals surface area contributed by atoms with Gasteiger partial charge < -0.3 is 4.90 Å². The predicted molar refractivity (Wildman–Crippen MR) is 84.1 cm³/mol. The number of aromatic nitrogens is 2. The van der Waals surface area contributed by atoms with Crippen molar-refractivity contribution in [2.75, 3.05) is 23.7 Å². The Bertz CT molecular complexity index is 408. The fourth-order valence-corrected chi connectivity index (χ4v) is 3.71. The highest BCUT2D eigenvalue weighted by Crippen LogP contribution is 2.25. The normalized spacial score (nSPS) is 20.4. The average molecular weight is 279 g/mol. The van der Waals surface area contributed by atoms with E-state index in [9.17, 15) is 0 Å². The number of nitrogens with zero attached hydrogens (tertiary/aromatic N) is 3. The van der Waals surface area contributed by atoms with Crippen LogP contribution in [-0.4, -0.2) is 34.1 Å². The Labute approximate surface area is 121 Å².